The van der Waals surface area contributed by atoms with Gasteiger partial charge in [-0.05, 0) is 74.8 Å². The van der Waals surface area contributed by atoms with Crippen molar-refractivity contribution in [3.63, 3.8) is 0 Å². The number of morpholine rings is 1. The summed E-state index contributed by atoms with van der Waals surface area (Å²) in [7, 11) is 0. The number of benzene rings is 1. The van der Waals surface area contributed by atoms with E-state index in [0.717, 1.165) is 62.8 Å². The smallest absolute Gasteiger partial charge is 0.226 e. The third-order valence-corrected chi connectivity index (χ3v) is 8.44. The highest BCUT2D eigenvalue weighted by atomic mass is 32.1. The molecule has 1 aromatic carbocycles. The zero-order valence-electron chi connectivity index (χ0n) is 23.7. The van der Waals surface area contributed by atoms with Crippen LogP contribution in [0.5, 0.6) is 0 Å². The van der Waals surface area contributed by atoms with E-state index < -0.39 is 0 Å². The molecular formula is C31H40N6O2S. The van der Waals surface area contributed by atoms with Crippen molar-refractivity contribution in [2.75, 3.05) is 44.7 Å². The van der Waals surface area contributed by atoms with Gasteiger partial charge in [0.2, 0.25) is 5.91 Å². The van der Waals surface area contributed by atoms with E-state index in [4.69, 9.17) is 17.0 Å². The Kier molecular flexibility index (Phi) is 9.14. The summed E-state index contributed by atoms with van der Waals surface area (Å²) in [6.45, 7) is 12.6. The minimum absolute atomic E-state index is 0.0225. The average molecular weight is 561 g/mol. The summed E-state index contributed by atoms with van der Waals surface area (Å²) >= 11 is 5.86. The van der Waals surface area contributed by atoms with Gasteiger partial charge >= 0.3 is 0 Å². The lowest BCUT2D eigenvalue weighted by Gasteiger charge is -2.28. The summed E-state index contributed by atoms with van der Waals surface area (Å²) in [4.78, 5) is 22.3. The molecule has 2 N–H and O–H groups in total. The van der Waals surface area contributed by atoms with Crippen LogP contribution < -0.4 is 10.6 Å². The molecule has 1 amide bonds. The minimum Gasteiger partial charge on any atom is -0.379 e. The van der Waals surface area contributed by atoms with Crippen molar-refractivity contribution in [3.05, 3.63) is 82.9 Å². The second-order valence-corrected chi connectivity index (χ2v) is 11.1. The molecule has 5 rings (SSSR count). The van der Waals surface area contributed by atoms with Crippen molar-refractivity contribution >= 4 is 28.9 Å². The Labute approximate surface area is 242 Å². The van der Waals surface area contributed by atoms with E-state index in [1.54, 1.807) is 0 Å². The highest BCUT2D eigenvalue weighted by molar-refractivity contribution is 7.80. The number of para-hydroxylation sites is 1. The highest BCUT2D eigenvalue weighted by Crippen LogP contribution is 2.41. The summed E-state index contributed by atoms with van der Waals surface area (Å²) in [6.07, 6.45) is 3.24. The van der Waals surface area contributed by atoms with E-state index in [9.17, 15) is 4.79 Å². The van der Waals surface area contributed by atoms with Crippen molar-refractivity contribution < 1.29 is 9.53 Å². The van der Waals surface area contributed by atoms with Gasteiger partial charge in [-0.2, -0.15) is 0 Å². The maximum absolute atomic E-state index is 13.0. The summed E-state index contributed by atoms with van der Waals surface area (Å²) in [5, 5.41) is 7.25. The van der Waals surface area contributed by atoms with E-state index in [1.165, 1.54) is 17.0 Å². The van der Waals surface area contributed by atoms with Crippen LogP contribution in [0.25, 0.3) is 0 Å². The van der Waals surface area contributed by atoms with E-state index in [-0.39, 0.29) is 18.0 Å². The predicted octanol–water partition coefficient (Wildman–Crippen LogP) is 4.53. The molecule has 0 bridgehead atoms. The zero-order chi connectivity index (χ0) is 28.1. The number of nitrogens with one attached hydrogen (secondary N) is 2. The maximum atomic E-state index is 13.0. The Bertz CT molecular complexity index is 1320. The van der Waals surface area contributed by atoms with Crippen LogP contribution >= 0.6 is 12.2 Å². The SMILES string of the molecule is Cc1ccccc1NC(=O)CCN1C(=S)N[C@H](c2ccccn2)[C@H]1c1cc(C)n(CCCN2CCOCC2)c1C. The Morgan fingerprint density at radius 2 is 1.85 bits per heavy atom. The maximum Gasteiger partial charge on any atom is 0.226 e. The van der Waals surface area contributed by atoms with E-state index in [0.29, 0.717) is 18.1 Å². The van der Waals surface area contributed by atoms with Gasteiger partial charge in [0.05, 0.1) is 31.0 Å². The third-order valence-electron chi connectivity index (χ3n) is 8.09. The van der Waals surface area contributed by atoms with Crippen LogP contribution in [-0.2, 0) is 16.1 Å². The molecule has 9 heteroatoms. The number of aromatic nitrogens is 2. The van der Waals surface area contributed by atoms with Gasteiger partial charge < -0.3 is 24.8 Å². The van der Waals surface area contributed by atoms with Crippen LogP contribution in [0.3, 0.4) is 0 Å². The van der Waals surface area contributed by atoms with Crippen molar-refractivity contribution in [2.24, 2.45) is 0 Å². The van der Waals surface area contributed by atoms with E-state index in [1.807, 2.05) is 55.6 Å². The van der Waals surface area contributed by atoms with Crippen LogP contribution in [0.4, 0.5) is 5.69 Å². The monoisotopic (exact) mass is 560 g/mol. The molecule has 0 radical (unpaired) electrons. The van der Waals surface area contributed by atoms with Crippen LogP contribution in [0.2, 0.25) is 0 Å². The second-order valence-electron chi connectivity index (χ2n) is 10.7. The fourth-order valence-electron chi connectivity index (χ4n) is 5.88. The number of hydrogen-bond donors (Lipinski definition) is 2. The molecule has 0 spiro atoms. The zero-order valence-corrected chi connectivity index (χ0v) is 24.5. The highest BCUT2D eigenvalue weighted by Gasteiger charge is 2.41. The third kappa shape index (κ3) is 6.37. The lowest BCUT2D eigenvalue weighted by molar-refractivity contribution is -0.116. The topological polar surface area (TPSA) is 74.7 Å². The number of thiocarbonyl (C=S) groups is 1. The van der Waals surface area contributed by atoms with Crippen LogP contribution in [0.15, 0.2) is 54.7 Å². The molecule has 2 saturated heterocycles. The second kappa shape index (κ2) is 12.9. The number of carbonyl (C=O) groups is 1. The van der Waals surface area contributed by atoms with Gasteiger partial charge in [0.15, 0.2) is 5.11 Å². The van der Waals surface area contributed by atoms with Gasteiger partial charge in [0.1, 0.15) is 0 Å². The molecule has 2 aliphatic rings. The fraction of sp³-hybridized carbons (Fsp3) is 0.452. The molecule has 8 nitrogen and oxygen atoms in total. The van der Waals surface area contributed by atoms with Crippen molar-refractivity contribution in [3.8, 4) is 0 Å². The summed E-state index contributed by atoms with van der Waals surface area (Å²) in [5.41, 5.74) is 6.54. The standard InChI is InChI=1S/C31H40N6O2S/c1-22-9-4-5-10-26(22)33-28(38)12-16-37-30(29(34-31(37)40)27-11-6-7-13-32-27)25-21-23(2)36(24(25)3)15-8-14-35-17-19-39-20-18-35/h4-7,9-11,13,21,29-30H,8,12,14-20H2,1-3H3,(H,33,38)(H,34,40)/t29-,30-/m1/s1. The van der Waals surface area contributed by atoms with Gasteiger partial charge in [-0.15, -0.1) is 0 Å². The quantitative estimate of drug-likeness (QED) is 0.353. The van der Waals surface area contributed by atoms with Gasteiger partial charge in [0, 0.05) is 62.4 Å². The van der Waals surface area contributed by atoms with Crippen LogP contribution in [0, 0.1) is 20.8 Å². The molecule has 0 aliphatic carbocycles. The summed E-state index contributed by atoms with van der Waals surface area (Å²) < 4.78 is 7.93. The van der Waals surface area contributed by atoms with Gasteiger partial charge in [-0.25, -0.2) is 0 Å². The first-order chi connectivity index (χ1) is 19.4. The molecule has 212 valence electrons. The molecule has 40 heavy (non-hydrogen) atoms. The van der Waals surface area contributed by atoms with E-state index in [2.05, 4.69) is 49.9 Å². The van der Waals surface area contributed by atoms with Crippen molar-refractivity contribution in [2.45, 2.75) is 52.2 Å². The molecule has 2 atom stereocenters. The van der Waals surface area contributed by atoms with Gasteiger partial charge in [-0.3, -0.25) is 14.7 Å². The molecule has 2 aliphatic heterocycles. The summed E-state index contributed by atoms with van der Waals surface area (Å²) in [6, 6.07) is 16.0. The Balaban J connectivity index is 1.35. The first-order valence-electron chi connectivity index (χ1n) is 14.2. The van der Waals surface area contributed by atoms with Crippen LogP contribution in [0.1, 0.15) is 53.1 Å². The molecular weight excluding hydrogens is 520 g/mol. The Hall–Kier alpha value is -3.27. The molecule has 4 heterocycles. The Morgan fingerprint density at radius 1 is 1.07 bits per heavy atom. The lowest BCUT2D eigenvalue weighted by Crippen LogP contribution is -2.37. The average Bonchev–Trinajstić information content (AvgIpc) is 3.44. The first-order valence-corrected chi connectivity index (χ1v) is 14.6. The molecule has 2 aromatic heterocycles. The van der Waals surface area contributed by atoms with E-state index >= 15 is 0 Å². The largest absolute Gasteiger partial charge is 0.379 e. The molecule has 3 aromatic rings. The number of pyridine rings is 1. The number of aryl methyl sites for hydroxylation is 2. The molecule has 0 saturated carbocycles. The number of carbonyl (C=O) groups excluding carboxylic acids is 1. The number of anilines is 1. The van der Waals surface area contributed by atoms with Gasteiger partial charge in [-0.1, -0.05) is 24.3 Å². The normalized spacial score (nSPS) is 19.6. The van der Waals surface area contributed by atoms with Crippen molar-refractivity contribution in [1.82, 2.24) is 24.7 Å². The number of amides is 1. The van der Waals surface area contributed by atoms with Crippen LogP contribution in [-0.4, -0.2) is 69.8 Å². The minimum atomic E-state index is -0.101. The summed E-state index contributed by atoms with van der Waals surface area (Å²) in [5.74, 6) is -0.0225. The number of nitrogens with zero attached hydrogens (tertiary/aromatic N) is 4. The number of hydrogen-bond acceptors (Lipinski definition) is 5. The fourth-order valence-corrected chi connectivity index (χ4v) is 6.21. The number of ether oxygens (including phenoxy) is 1. The molecule has 0 unspecified atom stereocenters. The Morgan fingerprint density at radius 3 is 2.60 bits per heavy atom. The van der Waals surface area contributed by atoms with Gasteiger partial charge in [0.25, 0.3) is 0 Å². The first kappa shape index (κ1) is 28.3. The molecule has 2 fully saturated rings. The predicted molar refractivity (Wildman–Crippen MR) is 162 cm³/mol. The lowest BCUT2D eigenvalue weighted by atomic mass is 9.96. The number of rotatable bonds is 10. The van der Waals surface area contributed by atoms with Crippen molar-refractivity contribution in [1.29, 1.82) is 0 Å².